The van der Waals surface area contributed by atoms with Crippen LogP contribution >= 0.6 is 34.8 Å². The second kappa shape index (κ2) is 9.88. The van der Waals surface area contributed by atoms with Crippen molar-refractivity contribution in [3.8, 4) is 11.8 Å². The number of benzene rings is 3. The predicted molar refractivity (Wildman–Crippen MR) is 139 cm³/mol. The number of halogens is 3. The van der Waals surface area contributed by atoms with Crippen LogP contribution in [0, 0.1) is 11.3 Å². The summed E-state index contributed by atoms with van der Waals surface area (Å²) in [6.07, 6.45) is 0. The molecule has 1 aliphatic rings. The summed E-state index contributed by atoms with van der Waals surface area (Å²) in [4.78, 5) is 5.06. The molecule has 3 aromatic carbocycles. The molecule has 1 N–H and O–H groups in total. The van der Waals surface area contributed by atoms with E-state index in [-0.39, 0.29) is 12.1 Å². The molecule has 0 bridgehead atoms. The van der Waals surface area contributed by atoms with Gasteiger partial charge in [0, 0.05) is 15.1 Å². The first-order valence-corrected chi connectivity index (χ1v) is 12.1. The Morgan fingerprint density at radius 3 is 2.12 bits per heavy atom. The Hall–Kier alpha value is -2.71. The van der Waals surface area contributed by atoms with Crippen LogP contribution in [-0.2, 0) is 5.41 Å². The first-order valence-electron chi connectivity index (χ1n) is 11.0. The molecule has 1 aliphatic heterocycles. The molecule has 1 heterocycles. The van der Waals surface area contributed by atoms with Crippen LogP contribution in [0.2, 0.25) is 15.1 Å². The second-order valence-corrected chi connectivity index (χ2v) is 9.93. The molecule has 3 aromatic rings. The zero-order chi connectivity index (χ0) is 24.5. The maximum atomic E-state index is 9.63. The highest BCUT2D eigenvalue weighted by Gasteiger charge is 2.34. The number of ether oxygens (including phenoxy) is 1. The Bertz CT molecular complexity index is 1260. The third kappa shape index (κ3) is 4.88. The molecule has 2 atom stereocenters. The van der Waals surface area contributed by atoms with Crippen LogP contribution in [0.4, 0.5) is 0 Å². The predicted octanol–water partition coefficient (Wildman–Crippen LogP) is 7.68. The van der Waals surface area contributed by atoms with Gasteiger partial charge in [0.1, 0.15) is 17.6 Å². The summed E-state index contributed by atoms with van der Waals surface area (Å²) >= 11 is 18.9. The molecular weight excluding hydrogens is 489 g/mol. The number of amidine groups is 1. The van der Waals surface area contributed by atoms with Gasteiger partial charge in [-0.25, -0.2) is 0 Å². The number of hydrogen-bond donors (Lipinski definition) is 1. The van der Waals surface area contributed by atoms with Crippen molar-refractivity contribution in [1.29, 1.82) is 5.26 Å². The molecule has 7 heteroatoms. The normalized spacial score (nSPS) is 17.6. The summed E-state index contributed by atoms with van der Waals surface area (Å²) in [5.74, 6) is 1.30. The van der Waals surface area contributed by atoms with Gasteiger partial charge in [0.2, 0.25) is 0 Å². The van der Waals surface area contributed by atoms with Gasteiger partial charge in [-0.1, -0.05) is 59.1 Å². The van der Waals surface area contributed by atoms with Crippen LogP contribution in [0.15, 0.2) is 65.7 Å². The lowest BCUT2D eigenvalue weighted by Gasteiger charge is -2.22. The summed E-state index contributed by atoms with van der Waals surface area (Å²) in [7, 11) is 0. The Morgan fingerprint density at radius 1 is 0.971 bits per heavy atom. The van der Waals surface area contributed by atoms with Crippen molar-refractivity contribution in [3.05, 3.63) is 98.0 Å². The molecule has 0 saturated heterocycles. The van der Waals surface area contributed by atoms with E-state index in [1.165, 1.54) is 0 Å². The maximum Gasteiger partial charge on any atom is 0.133 e. The van der Waals surface area contributed by atoms with Crippen molar-refractivity contribution in [2.24, 2.45) is 4.99 Å². The van der Waals surface area contributed by atoms with Gasteiger partial charge in [-0.3, -0.25) is 4.99 Å². The fourth-order valence-corrected chi connectivity index (χ4v) is 4.69. The Kier molecular flexibility index (Phi) is 7.09. The van der Waals surface area contributed by atoms with Gasteiger partial charge in [-0.05, 0) is 73.9 Å². The summed E-state index contributed by atoms with van der Waals surface area (Å²) < 4.78 is 5.97. The van der Waals surface area contributed by atoms with Crippen molar-refractivity contribution >= 4 is 40.6 Å². The fraction of sp³-hybridized carbons (Fsp3) is 0.259. The summed E-state index contributed by atoms with van der Waals surface area (Å²) in [5, 5.41) is 15.0. The van der Waals surface area contributed by atoms with E-state index in [1.54, 1.807) is 0 Å². The van der Waals surface area contributed by atoms with Crippen molar-refractivity contribution in [3.63, 3.8) is 0 Å². The van der Waals surface area contributed by atoms with E-state index in [1.807, 2.05) is 81.4 Å². The molecule has 0 fully saturated rings. The number of aliphatic imine (C=N–C) groups is 1. The van der Waals surface area contributed by atoms with Crippen LogP contribution in [0.1, 0.15) is 55.1 Å². The van der Waals surface area contributed by atoms with Gasteiger partial charge in [0.15, 0.2) is 0 Å². The monoisotopic (exact) mass is 511 g/mol. The van der Waals surface area contributed by atoms with Gasteiger partial charge >= 0.3 is 0 Å². The topological polar surface area (TPSA) is 57.4 Å². The Morgan fingerprint density at radius 2 is 1.56 bits per heavy atom. The summed E-state index contributed by atoms with van der Waals surface area (Å²) in [6, 6.07) is 21.1. The van der Waals surface area contributed by atoms with Crippen molar-refractivity contribution < 1.29 is 4.74 Å². The molecule has 34 heavy (non-hydrogen) atoms. The minimum absolute atomic E-state index is 0.128. The van der Waals surface area contributed by atoms with Gasteiger partial charge in [0.05, 0.1) is 29.7 Å². The Labute approximate surface area is 215 Å². The van der Waals surface area contributed by atoms with Crippen LogP contribution in [-0.4, -0.2) is 12.4 Å². The minimum Gasteiger partial charge on any atom is -0.493 e. The van der Waals surface area contributed by atoms with E-state index >= 15 is 0 Å². The van der Waals surface area contributed by atoms with Gasteiger partial charge < -0.3 is 10.1 Å². The van der Waals surface area contributed by atoms with E-state index in [4.69, 9.17) is 44.5 Å². The molecule has 0 saturated carbocycles. The highest BCUT2D eigenvalue weighted by molar-refractivity contribution is 6.32. The lowest BCUT2D eigenvalue weighted by atomic mass is 9.85. The highest BCUT2D eigenvalue weighted by Crippen LogP contribution is 2.41. The van der Waals surface area contributed by atoms with Crippen LogP contribution in [0.25, 0.3) is 0 Å². The quantitative estimate of drug-likeness (QED) is 0.368. The number of rotatable bonds is 6. The smallest absolute Gasteiger partial charge is 0.133 e. The largest absolute Gasteiger partial charge is 0.493 e. The molecular formula is C27H24Cl3N3O. The van der Waals surface area contributed by atoms with Gasteiger partial charge in [-0.2, -0.15) is 5.26 Å². The van der Waals surface area contributed by atoms with E-state index < -0.39 is 5.41 Å². The first kappa shape index (κ1) is 24.4. The second-order valence-electron chi connectivity index (χ2n) is 8.65. The van der Waals surface area contributed by atoms with E-state index in [9.17, 15) is 5.26 Å². The van der Waals surface area contributed by atoms with Crippen molar-refractivity contribution in [1.82, 2.24) is 5.32 Å². The molecule has 0 radical (unpaired) electrons. The van der Waals surface area contributed by atoms with E-state index in [0.717, 1.165) is 16.7 Å². The minimum atomic E-state index is -0.760. The molecule has 4 rings (SSSR count). The molecule has 4 nitrogen and oxygen atoms in total. The molecule has 0 amide bonds. The number of hydrogen-bond acceptors (Lipinski definition) is 4. The zero-order valence-corrected chi connectivity index (χ0v) is 21.3. The van der Waals surface area contributed by atoms with Crippen molar-refractivity contribution in [2.45, 2.75) is 38.3 Å². The van der Waals surface area contributed by atoms with Gasteiger partial charge in [0.25, 0.3) is 0 Å². The number of nitrogens with one attached hydrogen (secondary N) is 1. The molecule has 0 aromatic heterocycles. The first-order chi connectivity index (χ1) is 16.2. The van der Waals surface area contributed by atoms with Crippen LogP contribution < -0.4 is 10.1 Å². The van der Waals surface area contributed by atoms with Crippen LogP contribution in [0.5, 0.6) is 5.75 Å². The summed E-state index contributed by atoms with van der Waals surface area (Å²) in [6.45, 7) is 6.06. The standard InChI is InChI=1S/C27H24Cl3N3O/c1-4-34-23-14-21(27(2,3)15-31)22(30)13-20(23)26-32-24(16-5-9-18(28)10-6-16)25(33-26)17-7-11-19(29)12-8-17/h5-14,24-25H,4H2,1-3H3,(H,32,33)/t24-,25+. The fourth-order valence-electron chi connectivity index (χ4n) is 4.04. The van der Waals surface area contributed by atoms with Gasteiger partial charge in [-0.15, -0.1) is 0 Å². The molecule has 174 valence electrons. The third-order valence-corrected chi connectivity index (χ3v) is 6.71. The lowest BCUT2D eigenvalue weighted by molar-refractivity contribution is 0.338. The average molecular weight is 513 g/mol. The summed E-state index contributed by atoms with van der Waals surface area (Å²) in [5.41, 5.74) is 2.78. The van der Waals surface area contributed by atoms with E-state index in [2.05, 4.69) is 11.4 Å². The van der Waals surface area contributed by atoms with E-state index in [0.29, 0.717) is 38.8 Å². The lowest BCUT2D eigenvalue weighted by Crippen LogP contribution is -2.26. The zero-order valence-electron chi connectivity index (χ0n) is 19.1. The molecule has 0 unspecified atom stereocenters. The highest BCUT2D eigenvalue weighted by atomic mass is 35.5. The Balaban J connectivity index is 1.82. The van der Waals surface area contributed by atoms with Crippen molar-refractivity contribution in [2.75, 3.05) is 6.61 Å². The SMILES string of the molecule is CCOc1cc(C(C)(C)C#N)c(Cl)cc1C1=N[C@@H](c2ccc(Cl)cc2)[C@@H](c2ccc(Cl)cc2)N1. The third-order valence-electron chi connectivity index (χ3n) is 5.89. The number of nitrogens with zero attached hydrogens (tertiary/aromatic N) is 2. The molecule has 0 spiro atoms. The van der Waals surface area contributed by atoms with Crippen LogP contribution in [0.3, 0.4) is 0 Å². The number of nitriles is 1. The average Bonchev–Trinajstić information content (AvgIpc) is 3.26. The molecule has 0 aliphatic carbocycles. The maximum absolute atomic E-state index is 9.63.